The molecule has 2 aliphatic rings. The monoisotopic (exact) mass is 271 g/mol. The molecule has 2 aliphatic heterocycles. The van der Waals surface area contributed by atoms with E-state index in [1.165, 1.54) is 6.07 Å². The Bertz CT molecular complexity index is 486. The summed E-state index contributed by atoms with van der Waals surface area (Å²) < 4.78 is 44.6. The molecule has 0 aromatic heterocycles. The predicted molar refractivity (Wildman–Crippen MR) is 64.9 cm³/mol. The third-order valence-electron chi connectivity index (χ3n) is 4.15. The summed E-state index contributed by atoms with van der Waals surface area (Å²) in [6.07, 6.45) is -4.26. The van der Waals surface area contributed by atoms with E-state index in [9.17, 15) is 13.2 Å². The van der Waals surface area contributed by atoms with Gasteiger partial charge in [0.15, 0.2) is 0 Å². The molecule has 104 valence electrons. The summed E-state index contributed by atoms with van der Waals surface area (Å²) in [5, 5.41) is 0. The summed E-state index contributed by atoms with van der Waals surface area (Å²) in [6, 6.07) is 4.48. The number of halogens is 3. The number of benzene rings is 1. The zero-order chi connectivity index (χ0) is 13.6. The molecule has 0 spiro atoms. The van der Waals surface area contributed by atoms with Gasteiger partial charge in [0.05, 0.1) is 18.3 Å². The average Bonchev–Trinajstić information content (AvgIpc) is 2.80. The van der Waals surface area contributed by atoms with Crippen molar-refractivity contribution in [1.82, 2.24) is 4.90 Å². The molecular weight excluding hydrogens is 255 g/mol. The van der Waals surface area contributed by atoms with Gasteiger partial charge in [0.25, 0.3) is 0 Å². The van der Waals surface area contributed by atoms with E-state index in [1.807, 2.05) is 6.07 Å². The van der Waals surface area contributed by atoms with Crippen LogP contribution in [0.3, 0.4) is 0 Å². The minimum atomic E-state index is -4.30. The van der Waals surface area contributed by atoms with E-state index in [-0.39, 0.29) is 18.6 Å². The lowest BCUT2D eigenvalue weighted by molar-refractivity contribution is -0.139. The molecule has 0 bridgehead atoms. The summed E-state index contributed by atoms with van der Waals surface area (Å²) >= 11 is 0. The number of likely N-dealkylation sites (tertiary alicyclic amines) is 1. The summed E-state index contributed by atoms with van der Waals surface area (Å²) in [5.41, 5.74) is 0.606. The van der Waals surface area contributed by atoms with Crippen LogP contribution in [0, 0.1) is 0 Å². The first-order valence-electron chi connectivity index (χ1n) is 6.53. The molecule has 0 N–H and O–H groups in total. The SMILES string of the molecule is CCN1CC2OCc3c(cccc3C(F)(F)F)C2C1. The molecule has 3 rings (SSSR count). The highest BCUT2D eigenvalue weighted by atomic mass is 19.4. The Labute approximate surface area is 110 Å². The highest BCUT2D eigenvalue weighted by Crippen LogP contribution is 2.42. The highest BCUT2D eigenvalue weighted by Gasteiger charge is 2.42. The van der Waals surface area contributed by atoms with Gasteiger partial charge in [0.1, 0.15) is 0 Å². The van der Waals surface area contributed by atoms with Crippen LogP contribution in [-0.4, -0.2) is 30.6 Å². The maximum absolute atomic E-state index is 13.0. The lowest BCUT2D eigenvalue weighted by Crippen LogP contribution is -2.29. The number of rotatable bonds is 1. The maximum Gasteiger partial charge on any atom is 0.416 e. The van der Waals surface area contributed by atoms with E-state index in [0.29, 0.717) is 5.56 Å². The second-order valence-corrected chi connectivity index (χ2v) is 5.18. The van der Waals surface area contributed by atoms with Crippen molar-refractivity contribution in [2.24, 2.45) is 0 Å². The largest absolute Gasteiger partial charge is 0.416 e. The molecule has 1 aromatic carbocycles. The van der Waals surface area contributed by atoms with Crippen LogP contribution < -0.4 is 0 Å². The third kappa shape index (κ3) is 2.15. The van der Waals surface area contributed by atoms with Crippen molar-refractivity contribution < 1.29 is 17.9 Å². The number of alkyl halides is 3. The number of hydrogen-bond acceptors (Lipinski definition) is 2. The fourth-order valence-corrected chi connectivity index (χ4v) is 3.15. The molecule has 2 unspecified atom stereocenters. The van der Waals surface area contributed by atoms with Gasteiger partial charge in [0, 0.05) is 19.0 Å². The van der Waals surface area contributed by atoms with Gasteiger partial charge < -0.3 is 9.64 Å². The molecule has 2 nitrogen and oxygen atoms in total. The second-order valence-electron chi connectivity index (χ2n) is 5.18. The van der Waals surface area contributed by atoms with Crippen molar-refractivity contribution in [1.29, 1.82) is 0 Å². The van der Waals surface area contributed by atoms with Crippen LogP contribution in [0.1, 0.15) is 29.5 Å². The van der Waals surface area contributed by atoms with Crippen molar-refractivity contribution in [3.8, 4) is 0 Å². The number of fused-ring (bicyclic) bond motifs is 3. The number of hydrogen-bond donors (Lipinski definition) is 0. The first-order valence-corrected chi connectivity index (χ1v) is 6.53. The number of ether oxygens (including phenoxy) is 1. The van der Waals surface area contributed by atoms with Crippen LogP contribution >= 0.6 is 0 Å². The van der Waals surface area contributed by atoms with E-state index >= 15 is 0 Å². The van der Waals surface area contributed by atoms with Gasteiger partial charge in [-0.1, -0.05) is 19.1 Å². The molecule has 2 heterocycles. The molecule has 1 fully saturated rings. The Kier molecular flexibility index (Phi) is 3.06. The highest BCUT2D eigenvalue weighted by molar-refractivity contribution is 5.41. The van der Waals surface area contributed by atoms with E-state index in [0.717, 1.165) is 31.3 Å². The van der Waals surface area contributed by atoms with Crippen LogP contribution in [0.2, 0.25) is 0 Å². The molecule has 0 saturated carbocycles. The van der Waals surface area contributed by atoms with Crippen molar-refractivity contribution in [2.75, 3.05) is 19.6 Å². The first-order chi connectivity index (χ1) is 9.00. The maximum atomic E-state index is 13.0. The van der Waals surface area contributed by atoms with Gasteiger partial charge in [-0.3, -0.25) is 0 Å². The Morgan fingerprint density at radius 1 is 1.32 bits per heavy atom. The van der Waals surface area contributed by atoms with E-state index in [1.54, 1.807) is 0 Å². The molecule has 5 heteroatoms. The summed E-state index contributed by atoms with van der Waals surface area (Å²) in [6.45, 7) is 4.64. The minimum Gasteiger partial charge on any atom is -0.371 e. The Morgan fingerprint density at radius 3 is 2.79 bits per heavy atom. The third-order valence-corrected chi connectivity index (χ3v) is 4.15. The molecule has 0 aliphatic carbocycles. The molecule has 0 amide bonds. The Hall–Kier alpha value is -1.07. The predicted octanol–water partition coefficient (Wildman–Crippen LogP) is 3.02. The van der Waals surface area contributed by atoms with Gasteiger partial charge >= 0.3 is 6.18 Å². The van der Waals surface area contributed by atoms with Crippen molar-refractivity contribution in [2.45, 2.75) is 31.7 Å². The van der Waals surface area contributed by atoms with Crippen molar-refractivity contribution >= 4 is 0 Å². The standard InChI is InChI=1S/C14H16F3NO/c1-2-18-6-10-9-4-3-5-12(14(15,16)17)11(9)8-19-13(10)7-18/h3-5,10,13H,2,6-8H2,1H3. The normalized spacial score (nSPS) is 27.2. The van der Waals surface area contributed by atoms with Gasteiger partial charge in [-0.25, -0.2) is 0 Å². The lowest BCUT2D eigenvalue weighted by atomic mass is 9.87. The topological polar surface area (TPSA) is 12.5 Å². The zero-order valence-electron chi connectivity index (χ0n) is 10.7. The molecule has 1 aromatic rings. The first kappa shape index (κ1) is 12.9. The van der Waals surface area contributed by atoms with Crippen molar-refractivity contribution in [3.63, 3.8) is 0 Å². The van der Waals surface area contributed by atoms with Crippen LogP contribution in [0.4, 0.5) is 13.2 Å². The smallest absolute Gasteiger partial charge is 0.371 e. The average molecular weight is 271 g/mol. The number of likely N-dealkylation sites (N-methyl/N-ethyl adjacent to an activating group) is 1. The lowest BCUT2D eigenvalue weighted by Gasteiger charge is -2.29. The zero-order valence-corrected chi connectivity index (χ0v) is 10.7. The van der Waals surface area contributed by atoms with E-state index < -0.39 is 11.7 Å². The van der Waals surface area contributed by atoms with E-state index in [4.69, 9.17) is 4.74 Å². The quantitative estimate of drug-likeness (QED) is 0.778. The van der Waals surface area contributed by atoms with Gasteiger partial charge in [-0.2, -0.15) is 13.2 Å². The molecule has 1 saturated heterocycles. The fourth-order valence-electron chi connectivity index (χ4n) is 3.15. The second kappa shape index (κ2) is 4.49. The number of nitrogens with zero attached hydrogens (tertiary/aromatic N) is 1. The van der Waals surface area contributed by atoms with Crippen LogP contribution in [-0.2, 0) is 17.5 Å². The summed E-state index contributed by atoms with van der Waals surface area (Å²) in [4.78, 5) is 2.23. The molecule has 0 radical (unpaired) electrons. The van der Waals surface area contributed by atoms with Crippen LogP contribution in [0.5, 0.6) is 0 Å². The summed E-state index contributed by atoms with van der Waals surface area (Å²) in [7, 11) is 0. The molecular formula is C14H16F3NO. The van der Waals surface area contributed by atoms with Crippen LogP contribution in [0.15, 0.2) is 18.2 Å². The Morgan fingerprint density at radius 2 is 2.11 bits per heavy atom. The molecule has 19 heavy (non-hydrogen) atoms. The van der Waals surface area contributed by atoms with Gasteiger partial charge in [-0.05, 0) is 23.7 Å². The summed E-state index contributed by atoms with van der Waals surface area (Å²) in [5.74, 6) is 0.0750. The Balaban J connectivity index is 2.01. The molecule has 2 atom stereocenters. The van der Waals surface area contributed by atoms with Crippen LogP contribution in [0.25, 0.3) is 0 Å². The van der Waals surface area contributed by atoms with Gasteiger partial charge in [0.2, 0.25) is 0 Å². The minimum absolute atomic E-state index is 0.0379. The fraction of sp³-hybridized carbons (Fsp3) is 0.571. The van der Waals surface area contributed by atoms with Crippen molar-refractivity contribution in [3.05, 3.63) is 34.9 Å². The van der Waals surface area contributed by atoms with E-state index in [2.05, 4.69) is 11.8 Å². The van der Waals surface area contributed by atoms with Gasteiger partial charge in [-0.15, -0.1) is 0 Å².